The Kier molecular flexibility index (Phi) is 2.42. The molecule has 2 rings (SSSR count). The molecule has 0 aromatic carbocycles. The first-order valence-electron chi connectivity index (χ1n) is 5.16. The normalized spacial score (nSPS) is 40.4. The van der Waals surface area contributed by atoms with Crippen LogP contribution in [0.3, 0.4) is 0 Å². The second-order valence-electron chi connectivity index (χ2n) is 4.05. The van der Waals surface area contributed by atoms with E-state index in [1.54, 1.807) is 6.92 Å². The number of esters is 2. The third kappa shape index (κ3) is 1.42. The van der Waals surface area contributed by atoms with Gasteiger partial charge >= 0.3 is 11.9 Å². The molecular formula is C10H14O5. The number of rotatable bonds is 1. The van der Waals surface area contributed by atoms with Crippen molar-refractivity contribution in [2.75, 3.05) is 13.2 Å². The van der Waals surface area contributed by atoms with Gasteiger partial charge in [-0.25, -0.2) is 4.79 Å². The molecule has 2 aliphatic heterocycles. The van der Waals surface area contributed by atoms with Crippen LogP contribution in [0.2, 0.25) is 0 Å². The zero-order chi connectivity index (χ0) is 11.1. The maximum atomic E-state index is 11.5. The van der Waals surface area contributed by atoms with E-state index < -0.39 is 17.5 Å². The summed E-state index contributed by atoms with van der Waals surface area (Å²) in [6.07, 6.45) is 0.788. The quantitative estimate of drug-likeness (QED) is 0.615. The molecule has 2 fully saturated rings. The van der Waals surface area contributed by atoms with Gasteiger partial charge in [-0.1, -0.05) is 6.92 Å². The highest BCUT2D eigenvalue weighted by Crippen LogP contribution is 2.39. The SMILES string of the molecule is CC[C@]1(O)C(=O)OCC2C(=O)OCCC21. The third-order valence-corrected chi connectivity index (χ3v) is 3.36. The number of fused-ring (bicyclic) bond motifs is 1. The lowest BCUT2D eigenvalue weighted by Gasteiger charge is -2.43. The molecule has 0 amide bonds. The predicted molar refractivity (Wildman–Crippen MR) is 48.8 cm³/mol. The highest BCUT2D eigenvalue weighted by molar-refractivity contribution is 5.84. The molecule has 0 spiro atoms. The third-order valence-electron chi connectivity index (χ3n) is 3.36. The standard InChI is InChI=1S/C10H14O5/c1-2-10(13)7-3-4-14-8(11)6(7)5-15-9(10)12/h6-7,13H,2-5H2,1H3/t6?,7?,10-/m1/s1. The Hall–Kier alpha value is -1.10. The van der Waals surface area contributed by atoms with Gasteiger partial charge in [-0.05, 0) is 12.8 Å². The van der Waals surface area contributed by atoms with Crippen molar-refractivity contribution in [3.63, 3.8) is 0 Å². The number of carbonyl (C=O) groups is 2. The molecule has 5 nitrogen and oxygen atoms in total. The number of aliphatic hydroxyl groups is 1. The zero-order valence-electron chi connectivity index (χ0n) is 8.56. The van der Waals surface area contributed by atoms with Crippen molar-refractivity contribution < 1.29 is 24.2 Å². The second kappa shape index (κ2) is 3.48. The Morgan fingerprint density at radius 1 is 1.47 bits per heavy atom. The van der Waals surface area contributed by atoms with Crippen LogP contribution in [0, 0.1) is 11.8 Å². The molecule has 0 aromatic heterocycles. The fourth-order valence-electron chi connectivity index (χ4n) is 2.36. The molecule has 0 bridgehead atoms. The second-order valence-corrected chi connectivity index (χ2v) is 4.05. The average Bonchev–Trinajstić information content (AvgIpc) is 2.24. The first-order chi connectivity index (χ1) is 7.09. The molecule has 1 N–H and O–H groups in total. The number of hydrogen-bond donors (Lipinski definition) is 1. The number of hydrogen-bond acceptors (Lipinski definition) is 5. The number of cyclic esters (lactones) is 2. The molecule has 2 unspecified atom stereocenters. The van der Waals surface area contributed by atoms with Crippen molar-refractivity contribution in [1.82, 2.24) is 0 Å². The smallest absolute Gasteiger partial charge is 0.338 e. The van der Waals surface area contributed by atoms with Crippen LogP contribution in [-0.4, -0.2) is 35.9 Å². The van der Waals surface area contributed by atoms with Gasteiger partial charge in [0.15, 0.2) is 5.60 Å². The van der Waals surface area contributed by atoms with Gasteiger partial charge in [0.1, 0.15) is 6.61 Å². The Bertz CT molecular complexity index is 300. The van der Waals surface area contributed by atoms with Crippen molar-refractivity contribution in [2.45, 2.75) is 25.4 Å². The predicted octanol–water partition coefficient (Wildman–Crippen LogP) is -0.136. The van der Waals surface area contributed by atoms with Crippen molar-refractivity contribution in [3.05, 3.63) is 0 Å². The number of carbonyl (C=O) groups excluding carboxylic acids is 2. The molecule has 2 saturated heterocycles. The Morgan fingerprint density at radius 2 is 2.20 bits per heavy atom. The van der Waals surface area contributed by atoms with Gasteiger partial charge in [0, 0.05) is 5.92 Å². The summed E-state index contributed by atoms with van der Waals surface area (Å²) in [6, 6.07) is 0. The van der Waals surface area contributed by atoms with Crippen LogP contribution in [0.25, 0.3) is 0 Å². The minimum absolute atomic E-state index is 0.0324. The van der Waals surface area contributed by atoms with Crippen molar-refractivity contribution in [2.24, 2.45) is 11.8 Å². The van der Waals surface area contributed by atoms with Gasteiger partial charge in [0.2, 0.25) is 0 Å². The topological polar surface area (TPSA) is 72.8 Å². The molecule has 2 heterocycles. The summed E-state index contributed by atoms with van der Waals surface area (Å²) in [5.74, 6) is -1.84. The van der Waals surface area contributed by atoms with Crippen molar-refractivity contribution >= 4 is 11.9 Å². The van der Waals surface area contributed by atoms with Gasteiger partial charge in [0.05, 0.1) is 12.5 Å². The Labute approximate surface area is 87.4 Å². The van der Waals surface area contributed by atoms with Crippen molar-refractivity contribution in [1.29, 1.82) is 0 Å². The molecule has 3 atom stereocenters. The summed E-state index contributed by atoms with van der Waals surface area (Å²) >= 11 is 0. The minimum atomic E-state index is -1.51. The summed E-state index contributed by atoms with van der Waals surface area (Å²) in [4.78, 5) is 22.9. The molecule has 0 aromatic rings. The summed E-state index contributed by atoms with van der Waals surface area (Å²) in [5.41, 5.74) is -1.51. The summed E-state index contributed by atoms with van der Waals surface area (Å²) in [6.45, 7) is 2.02. The summed E-state index contributed by atoms with van der Waals surface area (Å²) < 4.78 is 9.71. The molecule has 0 saturated carbocycles. The maximum Gasteiger partial charge on any atom is 0.338 e. The largest absolute Gasteiger partial charge is 0.465 e. The fourth-order valence-corrected chi connectivity index (χ4v) is 2.36. The van der Waals surface area contributed by atoms with Crippen LogP contribution >= 0.6 is 0 Å². The lowest BCUT2D eigenvalue weighted by atomic mass is 9.72. The van der Waals surface area contributed by atoms with Crippen LogP contribution in [-0.2, 0) is 19.1 Å². The van der Waals surface area contributed by atoms with E-state index in [9.17, 15) is 14.7 Å². The molecule has 15 heavy (non-hydrogen) atoms. The van der Waals surface area contributed by atoms with E-state index in [1.807, 2.05) is 0 Å². The first-order valence-corrected chi connectivity index (χ1v) is 5.16. The van der Waals surface area contributed by atoms with E-state index in [4.69, 9.17) is 9.47 Å². The van der Waals surface area contributed by atoms with E-state index in [1.165, 1.54) is 0 Å². The molecule has 5 heteroatoms. The number of ether oxygens (including phenoxy) is 2. The molecule has 0 aliphatic carbocycles. The average molecular weight is 214 g/mol. The lowest BCUT2D eigenvalue weighted by Crippen LogP contribution is -2.58. The van der Waals surface area contributed by atoms with Gasteiger partial charge in [0.25, 0.3) is 0 Å². The van der Waals surface area contributed by atoms with Gasteiger partial charge < -0.3 is 14.6 Å². The summed E-state index contributed by atoms with van der Waals surface area (Å²) in [7, 11) is 0. The van der Waals surface area contributed by atoms with Crippen LogP contribution in [0.15, 0.2) is 0 Å². The fraction of sp³-hybridized carbons (Fsp3) is 0.800. The zero-order valence-corrected chi connectivity index (χ0v) is 8.56. The van der Waals surface area contributed by atoms with Crippen LogP contribution in [0.5, 0.6) is 0 Å². The van der Waals surface area contributed by atoms with Crippen LogP contribution in [0.4, 0.5) is 0 Å². The molecule has 2 aliphatic rings. The van der Waals surface area contributed by atoms with E-state index in [0.29, 0.717) is 6.42 Å². The van der Waals surface area contributed by atoms with Gasteiger partial charge in [-0.15, -0.1) is 0 Å². The summed E-state index contributed by atoms with van der Waals surface area (Å²) in [5, 5.41) is 10.2. The Morgan fingerprint density at radius 3 is 2.87 bits per heavy atom. The monoisotopic (exact) mass is 214 g/mol. The highest BCUT2D eigenvalue weighted by Gasteiger charge is 2.55. The minimum Gasteiger partial charge on any atom is -0.465 e. The van der Waals surface area contributed by atoms with Crippen LogP contribution < -0.4 is 0 Å². The Balaban J connectivity index is 2.29. The molecular weight excluding hydrogens is 200 g/mol. The maximum absolute atomic E-state index is 11.5. The van der Waals surface area contributed by atoms with Gasteiger partial charge in [-0.2, -0.15) is 0 Å². The van der Waals surface area contributed by atoms with Crippen LogP contribution in [0.1, 0.15) is 19.8 Å². The first kappa shape index (κ1) is 10.4. The molecule has 84 valence electrons. The van der Waals surface area contributed by atoms with E-state index in [2.05, 4.69) is 0 Å². The van der Waals surface area contributed by atoms with E-state index in [0.717, 1.165) is 0 Å². The lowest BCUT2D eigenvalue weighted by molar-refractivity contribution is -0.206. The van der Waals surface area contributed by atoms with Crippen molar-refractivity contribution in [3.8, 4) is 0 Å². The van der Waals surface area contributed by atoms with E-state index in [-0.39, 0.29) is 31.5 Å². The van der Waals surface area contributed by atoms with E-state index >= 15 is 0 Å². The van der Waals surface area contributed by atoms with Gasteiger partial charge in [-0.3, -0.25) is 4.79 Å². The highest BCUT2D eigenvalue weighted by atomic mass is 16.6. The molecule has 0 radical (unpaired) electrons.